The van der Waals surface area contributed by atoms with Crippen LogP contribution in [0.4, 0.5) is 0 Å². The van der Waals surface area contributed by atoms with E-state index in [2.05, 4.69) is 15.1 Å². The molecule has 2 aromatic rings. The van der Waals surface area contributed by atoms with Gasteiger partial charge in [-0.1, -0.05) is 30.5 Å². The van der Waals surface area contributed by atoms with E-state index in [9.17, 15) is 0 Å². The van der Waals surface area contributed by atoms with Gasteiger partial charge in [0.05, 0.1) is 11.8 Å². The molecule has 0 atom stereocenters. The van der Waals surface area contributed by atoms with Crippen molar-refractivity contribution in [3.05, 3.63) is 41.8 Å². The molecule has 2 N–H and O–H groups in total. The molecule has 1 saturated carbocycles. The molecule has 20 heavy (non-hydrogen) atoms. The largest absolute Gasteiger partial charge is 0.339 e. The van der Waals surface area contributed by atoms with Crippen LogP contribution in [-0.2, 0) is 11.8 Å². The Morgan fingerprint density at radius 1 is 1.20 bits per heavy atom. The summed E-state index contributed by atoms with van der Waals surface area (Å²) in [7, 11) is 0. The van der Waals surface area contributed by atoms with E-state index in [4.69, 9.17) is 10.3 Å². The summed E-state index contributed by atoms with van der Waals surface area (Å²) in [4.78, 5) is 8.86. The van der Waals surface area contributed by atoms with Crippen LogP contribution in [0.3, 0.4) is 0 Å². The zero-order valence-electron chi connectivity index (χ0n) is 11.6. The van der Waals surface area contributed by atoms with E-state index in [0.717, 1.165) is 18.5 Å². The van der Waals surface area contributed by atoms with Crippen LogP contribution in [0, 0.1) is 0 Å². The van der Waals surface area contributed by atoms with E-state index in [0.29, 0.717) is 24.7 Å². The predicted molar refractivity (Wildman–Crippen MR) is 75.2 cm³/mol. The van der Waals surface area contributed by atoms with Gasteiger partial charge in [-0.05, 0) is 25.0 Å². The molecule has 0 spiro atoms. The maximum atomic E-state index is 5.99. The van der Waals surface area contributed by atoms with E-state index in [1.54, 1.807) is 6.20 Å². The minimum absolute atomic E-state index is 0.104. The SMILES string of the molecule is NCC1(c2nc(Cc3ccccn3)no2)CCCCC1. The molecule has 0 saturated heterocycles. The average molecular weight is 272 g/mol. The molecule has 3 rings (SSSR count). The number of aromatic nitrogens is 3. The number of nitrogens with zero attached hydrogens (tertiary/aromatic N) is 3. The molecule has 1 aliphatic carbocycles. The van der Waals surface area contributed by atoms with Gasteiger partial charge in [0.15, 0.2) is 5.82 Å². The van der Waals surface area contributed by atoms with Gasteiger partial charge >= 0.3 is 0 Å². The lowest BCUT2D eigenvalue weighted by Gasteiger charge is -2.32. The molecule has 0 radical (unpaired) electrons. The van der Waals surface area contributed by atoms with Crippen molar-refractivity contribution in [1.82, 2.24) is 15.1 Å². The molecule has 5 heteroatoms. The fourth-order valence-electron chi connectivity index (χ4n) is 2.94. The third-order valence-corrected chi connectivity index (χ3v) is 4.19. The highest BCUT2D eigenvalue weighted by atomic mass is 16.5. The Morgan fingerprint density at radius 3 is 2.75 bits per heavy atom. The van der Waals surface area contributed by atoms with Crippen LogP contribution in [0.25, 0.3) is 0 Å². The Labute approximate surface area is 118 Å². The van der Waals surface area contributed by atoms with Gasteiger partial charge < -0.3 is 10.3 Å². The highest BCUT2D eigenvalue weighted by Gasteiger charge is 2.37. The summed E-state index contributed by atoms with van der Waals surface area (Å²) in [5.41, 5.74) is 6.84. The molecular weight excluding hydrogens is 252 g/mol. The van der Waals surface area contributed by atoms with Crippen molar-refractivity contribution in [2.24, 2.45) is 5.73 Å². The number of rotatable bonds is 4. The fourth-order valence-corrected chi connectivity index (χ4v) is 2.94. The zero-order chi connectivity index (χ0) is 13.8. The van der Waals surface area contributed by atoms with Gasteiger partial charge in [0.25, 0.3) is 0 Å². The van der Waals surface area contributed by atoms with Gasteiger partial charge in [0, 0.05) is 18.4 Å². The van der Waals surface area contributed by atoms with Gasteiger partial charge in [0.2, 0.25) is 5.89 Å². The molecule has 0 aliphatic heterocycles. The standard InChI is InChI=1S/C15H20N4O/c16-11-15(7-3-1-4-8-15)14-18-13(19-20-14)10-12-6-2-5-9-17-12/h2,5-6,9H,1,3-4,7-8,10-11,16H2. The van der Waals surface area contributed by atoms with Crippen molar-refractivity contribution in [1.29, 1.82) is 0 Å². The molecule has 106 valence electrons. The number of nitrogens with two attached hydrogens (primary N) is 1. The van der Waals surface area contributed by atoms with E-state index < -0.39 is 0 Å². The fraction of sp³-hybridized carbons (Fsp3) is 0.533. The Balaban J connectivity index is 1.79. The van der Waals surface area contributed by atoms with Crippen LogP contribution in [0.2, 0.25) is 0 Å². The molecule has 1 fully saturated rings. The number of pyridine rings is 1. The van der Waals surface area contributed by atoms with Crippen molar-refractivity contribution in [3.63, 3.8) is 0 Å². The van der Waals surface area contributed by atoms with Crippen LogP contribution in [0.5, 0.6) is 0 Å². The van der Waals surface area contributed by atoms with E-state index in [1.807, 2.05) is 18.2 Å². The third-order valence-electron chi connectivity index (χ3n) is 4.19. The van der Waals surface area contributed by atoms with Crippen LogP contribution in [-0.4, -0.2) is 21.7 Å². The van der Waals surface area contributed by atoms with Crippen LogP contribution >= 0.6 is 0 Å². The highest BCUT2D eigenvalue weighted by molar-refractivity contribution is 5.12. The quantitative estimate of drug-likeness (QED) is 0.923. The van der Waals surface area contributed by atoms with Crippen molar-refractivity contribution in [3.8, 4) is 0 Å². The average Bonchev–Trinajstić information content (AvgIpc) is 2.98. The minimum atomic E-state index is -0.104. The summed E-state index contributed by atoms with van der Waals surface area (Å²) >= 11 is 0. The summed E-state index contributed by atoms with van der Waals surface area (Å²) in [5.74, 6) is 1.41. The Kier molecular flexibility index (Phi) is 3.78. The maximum Gasteiger partial charge on any atom is 0.234 e. The monoisotopic (exact) mass is 272 g/mol. The topological polar surface area (TPSA) is 77.8 Å². The molecule has 2 heterocycles. The first kappa shape index (κ1) is 13.2. The second-order valence-electron chi connectivity index (χ2n) is 5.56. The van der Waals surface area contributed by atoms with Crippen molar-refractivity contribution in [2.45, 2.75) is 43.9 Å². The molecule has 0 unspecified atom stereocenters. The van der Waals surface area contributed by atoms with Gasteiger partial charge in [-0.25, -0.2) is 0 Å². The number of hydrogen-bond acceptors (Lipinski definition) is 5. The van der Waals surface area contributed by atoms with E-state index in [-0.39, 0.29) is 5.41 Å². The van der Waals surface area contributed by atoms with E-state index >= 15 is 0 Å². The lowest BCUT2D eigenvalue weighted by Crippen LogP contribution is -2.37. The first-order chi connectivity index (χ1) is 9.82. The first-order valence-corrected chi connectivity index (χ1v) is 7.25. The van der Waals surface area contributed by atoms with Gasteiger partial charge in [-0.2, -0.15) is 4.98 Å². The molecule has 1 aliphatic rings. The Bertz CT molecular complexity index is 546. The second-order valence-corrected chi connectivity index (χ2v) is 5.56. The summed E-state index contributed by atoms with van der Waals surface area (Å²) < 4.78 is 5.50. The van der Waals surface area contributed by atoms with Crippen molar-refractivity contribution < 1.29 is 4.52 Å². The van der Waals surface area contributed by atoms with Crippen molar-refractivity contribution >= 4 is 0 Å². The van der Waals surface area contributed by atoms with Gasteiger partial charge in [-0.3, -0.25) is 4.98 Å². The molecule has 2 aromatic heterocycles. The van der Waals surface area contributed by atoms with Gasteiger partial charge in [-0.15, -0.1) is 0 Å². The summed E-state index contributed by atoms with van der Waals surface area (Å²) in [5, 5.41) is 4.10. The maximum absolute atomic E-state index is 5.99. The predicted octanol–water partition coefficient (Wildman–Crippen LogP) is 2.22. The summed E-state index contributed by atoms with van der Waals surface area (Å²) in [6.07, 6.45) is 8.13. The van der Waals surface area contributed by atoms with Gasteiger partial charge in [0.1, 0.15) is 0 Å². The van der Waals surface area contributed by atoms with Crippen molar-refractivity contribution in [2.75, 3.05) is 6.54 Å². The smallest absolute Gasteiger partial charge is 0.234 e. The summed E-state index contributed by atoms with van der Waals surface area (Å²) in [6, 6.07) is 5.83. The molecular formula is C15H20N4O. The third kappa shape index (κ3) is 2.58. The normalized spacial score (nSPS) is 18.1. The van der Waals surface area contributed by atoms with Crippen LogP contribution in [0.1, 0.15) is 49.5 Å². The number of hydrogen-bond donors (Lipinski definition) is 1. The second kappa shape index (κ2) is 5.71. The molecule has 0 amide bonds. The first-order valence-electron chi connectivity index (χ1n) is 7.25. The zero-order valence-corrected chi connectivity index (χ0v) is 11.6. The molecule has 0 bridgehead atoms. The lowest BCUT2D eigenvalue weighted by atomic mass is 9.74. The van der Waals surface area contributed by atoms with E-state index in [1.165, 1.54) is 19.3 Å². The van der Waals surface area contributed by atoms with Crippen LogP contribution in [0.15, 0.2) is 28.9 Å². The molecule has 5 nitrogen and oxygen atoms in total. The summed E-state index contributed by atoms with van der Waals surface area (Å²) in [6.45, 7) is 0.582. The molecule has 0 aromatic carbocycles. The Morgan fingerprint density at radius 2 is 2.05 bits per heavy atom. The Hall–Kier alpha value is -1.75. The lowest BCUT2D eigenvalue weighted by molar-refractivity contribution is 0.219. The highest BCUT2D eigenvalue weighted by Crippen LogP contribution is 2.37. The van der Waals surface area contributed by atoms with Crippen LogP contribution < -0.4 is 5.73 Å². The minimum Gasteiger partial charge on any atom is -0.339 e.